The van der Waals surface area contributed by atoms with Gasteiger partial charge in [0.2, 0.25) is 0 Å². The molecule has 52 valence electrons. The van der Waals surface area contributed by atoms with Gasteiger partial charge in [-0.15, -0.1) is 22.8 Å². The molecule has 0 atom stereocenters. The van der Waals surface area contributed by atoms with E-state index >= 15 is 0 Å². The predicted molar refractivity (Wildman–Crippen MR) is 34.0 cm³/mol. The molecule has 1 aromatic heterocycles. The lowest BCUT2D eigenvalue weighted by Crippen LogP contribution is -2.03. The average molecular weight is 157 g/mol. The Balaban J connectivity index is 3.15. The first-order valence-corrected chi connectivity index (χ1v) is 2.76. The van der Waals surface area contributed by atoms with E-state index in [4.69, 9.17) is 5.11 Å². The van der Waals surface area contributed by atoms with E-state index in [-0.39, 0.29) is 10.7 Å². The van der Waals surface area contributed by atoms with Gasteiger partial charge in [0.25, 0.3) is 0 Å². The third kappa shape index (κ3) is 1.21. The summed E-state index contributed by atoms with van der Waals surface area (Å²) in [6, 6.07) is 0. The van der Waals surface area contributed by atoms with Crippen LogP contribution in [-0.2, 0) is 0 Å². The molecule has 0 spiro atoms. The largest absolute Gasteiger partial charge is 0.476 e. The number of carbonyl (C=O) groups is 1. The summed E-state index contributed by atoms with van der Waals surface area (Å²) in [7, 11) is 0. The van der Waals surface area contributed by atoms with Crippen LogP contribution in [0.2, 0.25) is 0 Å². The van der Waals surface area contributed by atoms with Crippen molar-refractivity contribution in [1.29, 1.82) is 0 Å². The van der Waals surface area contributed by atoms with Crippen LogP contribution in [0.5, 0.6) is 0 Å². The first-order valence-electron chi connectivity index (χ1n) is 2.31. The second kappa shape index (κ2) is 2.61. The number of carboxylic acids is 1. The van der Waals surface area contributed by atoms with E-state index in [2.05, 4.69) is 27.8 Å². The molecule has 1 rings (SSSR count). The quantitative estimate of drug-likeness (QED) is 0.555. The minimum Gasteiger partial charge on any atom is -0.476 e. The Labute approximate surface area is 61.5 Å². The monoisotopic (exact) mass is 157 g/mol. The first kappa shape index (κ1) is 6.94. The zero-order chi connectivity index (χ0) is 7.56. The summed E-state index contributed by atoms with van der Waals surface area (Å²) in [4.78, 5) is 13.7. The normalized spacial score (nSPS) is 9.30. The number of aromatic nitrogens is 3. The van der Waals surface area contributed by atoms with E-state index < -0.39 is 5.97 Å². The van der Waals surface area contributed by atoms with Crippen LogP contribution in [0.3, 0.4) is 0 Å². The molecule has 0 unspecified atom stereocenters. The highest BCUT2D eigenvalue weighted by Crippen LogP contribution is 2.03. The zero-order valence-corrected chi connectivity index (χ0v) is 5.62. The summed E-state index contributed by atoms with van der Waals surface area (Å²) in [5.74, 6) is -1.15. The molecule has 0 radical (unpaired) electrons. The van der Waals surface area contributed by atoms with Crippen molar-refractivity contribution >= 4 is 18.6 Å². The van der Waals surface area contributed by atoms with E-state index in [1.54, 1.807) is 0 Å². The first-order chi connectivity index (χ1) is 4.72. The van der Waals surface area contributed by atoms with Gasteiger partial charge in [0.05, 0.1) is 0 Å². The molecule has 0 saturated carbocycles. The van der Waals surface area contributed by atoms with Crippen molar-refractivity contribution in [2.75, 3.05) is 0 Å². The van der Waals surface area contributed by atoms with Gasteiger partial charge in [0.1, 0.15) is 11.4 Å². The highest BCUT2D eigenvalue weighted by Gasteiger charge is 2.08. The lowest BCUT2D eigenvalue weighted by molar-refractivity contribution is 0.0684. The topological polar surface area (TPSA) is 76.0 Å². The Kier molecular flexibility index (Phi) is 1.81. The third-order valence-electron chi connectivity index (χ3n) is 0.805. The summed E-state index contributed by atoms with van der Waals surface area (Å²) in [6.07, 6.45) is 1.06. The molecule has 6 heteroatoms. The van der Waals surface area contributed by atoms with E-state index in [1.807, 2.05) is 0 Å². The maximum absolute atomic E-state index is 10.2. The summed E-state index contributed by atoms with van der Waals surface area (Å²) in [6.45, 7) is 0. The van der Waals surface area contributed by atoms with Gasteiger partial charge < -0.3 is 5.11 Å². The lowest BCUT2D eigenvalue weighted by Gasteiger charge is -1.92. The van der Waals surface area contributed by atoms with Crippen LogP contribution in [0.4, 0.5) is 0 Å². The van der Waals surface area contributed by atoms with E-state index in [9.17, 15) is 4.79 Å². The SMILES string of the molecule is O=C(O)c1ncnnc1S. The van der Waals surface area contributed by atoms with Crippen LogP contribution < -0.4 is 0 Å². The van der Waals surface area contributed by atoms with Gasteiger partial charge in [-0.2, -0.15) is 0 Å². The molecule has 0 saturated heterocycles. The highest BCUT2D eigenvalue weighted by atomic mass is 32.1. The average Bonchev–Trinajstić information content (AvgIpc) is 1.88. The molecule has 0 aromatic carbocycles. The number of hydrogen-bond donors (Lipinski definition) is 2. The van der Waals surface area contributed by atoms with Crippen LogP contribution in [0.1, 0.15) is 10.5 Å². The molecular weight excluding hydrogens is 154 g/mol. The van der Waals surface area contributed by atoms with Crippen molar-refractivity contribution < 1.29 is 9.90 Å². The molecule has 0 aliphatic rings. The van der Waals surface area contributed by atoms with Gasteiger partial charge in [0.15, 0.2) is 5.69 Å². The van der Waals surface area contributed by atoms with Gasteiger partial charge in [0, 0.05) is 0 Å². The molecule has 0 aliphatic heterocycles. The van der Waals surface area contributed by atoms with Gasteiger partial charge in [-0.3, -0.25) is 0 Å². The molecular formula is C4H3N3O2S. The summed E-state index contributed by atoms with van der Waals surface area (Å²) in [5, 5.41) is 15.1. The number of thiol groups is 1. The third-order valence-corrected chi connectivity index (χ3v) is 1.11. The maximum Gasteiger partial charge on any atom is 0.357 e. The summed E-state index contributed by atoms with van der Waals surface area (Å²) < 4.78 is 0. The van der Waals surface area contributed by atoms with Crippen molar-refractivity contribution in [3.63, 3.8) is 0 Å². The van der Waals surface area contributed by atoms with Crippen molar-refractivity contribution in [3.05, 3.63) is 12.0 Å². The number of aromatic carboxylic acids is 1. The van der Waals surface area contributed by atoms with E-state index in [0.717, 1.165) is 6.33 Å². The van der Waals surface area contributed by atoms with Crippen molar-refractivity contribution in [2.24, 2.45) is 0 Å². The standard InChI is InChI=1S/C4H3N3O2S/c8-4(9)2-3(10)7-6-1-5-2/h1H,(H,7,10)(H,8,9). The second-order valence-corrected chi connectivity index (χ2v) is 1.86. The zero-order valence-electron chi connectivity index (χ0n) is 4.72. The van der Waals surface area contributed by atoms with Crippen LogP contribution >= 0.6 is 12.6 Å². The van der Waals surface area contributed by atoms with Gasteiger partial charge in [-0.1, -0.05) is 0 Å². The van der Waals surface area contributed by atoms with Crippen LogP contribution in [0.15, 0.2) is 11.4 Å². The van der Waals surface area contributed by atoms with E-state index in [1.165, 1.54) is 0 Å². The van der Waals surface area contributed by atoms with Crippen molar-refractivity contribution in [2.45, 2.75) is 5.03 Å². The van der Waals surface area contributed by atoms with Crippen molar-refractivity contribution in [3.8, 4) is 0 Å². The lowest BCUT2D eigenvalue weighted by atomic mass is 10.5. The Morgan fingerprint density at radius 1 is 1.70 bits per heavy atom. The fourth-order valence-electron chi connectivity index (χ4n) is 0.420. The molecule has 1 N–H and O–H groups in total. The van der Waals surface area contributed by atoms with Crippen LogP contribution in [-0.4, -0.2) is 26.3 Å². The summed E-state index contributed by atoms with van der Waals surface area (Å²) in [5.41, 5.74) is -0.182. The van der Waals surface area contributed by atoms with Gasteiger partial charge in [-0.25, -0.2) is 9.78 Å². The number of carboxylic acid groups (broad SMARTS) is 1. The fraction of sp³-hybridized carbons (Fsp3) is 0. The van der Waals surface area contributed by atoms with Crippen molar-refractivity contribution in [1.82, 2.24) is 15.2 Å². The minimum absolute atomic E-state index is 0.0231. The Bertz CT molecular complexity index is 264. The number of rotatable bonds is 1. The molecule has 0 fully saturated rings. The highest BCUT2D eigenvalue weighted by molar-refractivity contribution is 7.80. The maximum atomic E-state index is 10.2. The van der Waals surface area contributed by atoms with Crippen LogP contribution in [0, 0.1) is 0 Å². The molecule has 10 heavy (non-hydrogen) atoms. The van der Waals surface area contributed by atoms with Gasteiger partial charge >= 0.3 is 5.97 Å². The molecule has 1 heterocycles. The Hall–Kier alpha value is -1.17. The molecule has 0 aliphatic carbocycles. The molecule has 0 bridgehead atoms. The second-order valence-electron chi connectivity index (χ2n) is 1.44. The smallest absolute Gasteiger partial charge is 0.357 e. The van der Waals surface area contributed by atoms with Gasteiger partial charge in [-0.05, 0) is 0 Å². The minimum atomic E-state index is -1.15. The Morgan fingerprint density at radius 2 is 2.40 bits per heavy atom. The molecule has 1 aromatic rings. The summed E-state index contributed by atoms with van der Waals surface area (Å²) >= 11 is 3.72. The predicted octanol–water partition coefficient (Wildman–Crippen LogP) is -0.142. The Morgan fingerprint density at radius 3 is 2.80 bits per heavy atom. The number of nitrogens with zero attached hydrogens (tertiary/aromatic N) is 3. The molecule has 0 amide bonds. The fourth-order valence-corrected chi connectivity index (χ4v) is 0.625. The number of hydrogen-bond acceptors (Lipinski definition) is 5. The molecule has 5 nitrogen and oxygen atoms in total. The van der Waals surface area contributed by atoms with Crippen LogP contribution in [0.25, 0.3) is 0 Å². The van der Waals surface area contributed by atoms with E-state index in [0.29, 0.717) is 0 Å².